The molecule has 1 N–H and O–H groups in total. The average Bonchev–Trinajstić information content (AvgIpc) is 3.41. The highest BCUT2D eigenvalue weighted by atomic mass is 32.2. The lowest BCUT2D eigenvalue weighted by atomic mass is 10.2. The van der Waals surface area contributed by atoms with Gasteiger partial charge in [-0.05, 0) is 41.8 Å². The van der Waals surface area contributed by atoms with Gasteiger partial charge >= 0.3 is 6.18 Å². The number of thiazole rings is 1. The van der Waals surface area contributed by atoms with Crippen molar-refractivity contribution < 1.29 is 26.4 Å². The lowest BCUT2D eigenvalue weighted by molar-refractivity contribution is -0.136. The van der Waals surface area contributed by atoms with E-state index in [0.717, 1.165) is 10.4 Å². The molecule has 0 aliphatic heterocycles. The van der Waals surface area contributed by atoms with Gasteiger partial charge in [-0.25, -0.2) is 17.7 Å². The third-order valence-corrected chi connectivity index (χ3v) is 8.27. The van der Waals surface area contributed by atoms with Gasteiger partial charge in [-0.2, -0.15) is 18.2 Å². The molecule has 33 heavy (non-hydrogen) atoms. The first-order valence-electron chi connectivity index (χ1n) is 9.23. The van der Waals surface area contributed by atoms with E-state index in [1.165, 1.54) is 49.7 Å². The van der Waals surface area contributed by atoms with E-state index >= 15 is 0 Å². The smallest absolute Gasteiger partial charge is 0.298 e. The number of carbonyl (C=O) groups excluding carboxylic acids is 1. The summed E-state index contributed by atoms with van der Waals surface area (Å²) in [6.45, 7) is 0. The van der Waals surface area contributed by atoms with Gasteiger partial charge in [-0.1, -0.05) is 17.4 Å². The second-order valence-corrected chi connectivity index (χ2v) is 11.1. The fourth-order valence-corrected chi connectivity index (χ4v) is 5.41. The van der Waals surface area contributed by atoms with Gasteiger partial charge in [-0.15, -0.1) is 11.3 Å². The minimum atomic E-state index is -4.63. The second kappa shape index (κ2) is 8.48. The van der Waals surface area contributed by atoms with E-state index in [4.69, 9.17) is 0 Å². The van der Waals surface area contributed by atoms with Crippen molar-refractivity contribution in [1.82, 2.24) is 14.3 Å². The monoisotopic (exact) mass is 512 g/mol. The number of hydrogen-bond acceptors (Lipinski definition) is 7. The van der Waals surface area contributed by atoms with E-state index in [1.807, 2.05) is 0 Å². The molecule has 1 aromatic carbocycles. The second-order valence-electron chi connectivity index (χ2n) is 6.97. The summed E-state index contributed by atoms with van der Waals surface area (Å²) in [5, 5.41) is 4.14. The summed E-state index contributed by atoms with van der Waals surface area (Å²) in [6.07, 6.45) is -4.63. The summed E-state index contributed by atoms with van der Waals surface area (Å²) in [6, 6.07) is 9.52. The molecule has 0 atom stereocenters. The molecule has 0 spiro atoms. The highest BCUT2D eigenvalue weighted by Crippen LogP contribution is 2.40. The highest BCUT2D eigenvalue weighted by Gasteiger charge is 2.35. The molecule has 0 saturated heterocycles. The number of rotatable bonds is 5. The minimum Gasteiger partial charge on any atom is -0.298 e. The third-order valence-electron chi connectivity index (χ3n) is 4.56. The van der Waals surface area contributed by atoms with Crippen LogP contribution < -0.4 is 5.32 Å². The fraction of sp³-hybridized carbons (Fsp3) is 0.150. The highest BCUT2D eigenvalue weighted by molar-refractivity contribution is 7.89. The number of aromatic nitrogens is 2. The topological polar surface area (TPSA) is 92.3 Å². The number of nitrogens with zero attached hydrogens (tertiary/aromatic N) is 3. The number of fused-ring (bicyclic) bond motifs is 1. The fourth-order valence-electron chi connectivity index (χ4n) is 2.88. The number of carbonyl (C=O) groups is 1. The number of sulfonamides is 1. The Labute approximate surface area is 194 Å². The van der Waals surface area contributed by atoms with Crippen molar-refractivity contribution in [3.8, 4) is 10.6 Å². The molecule has 0 fully saturated rings. The SMILES string of the molecule is CN(C)S(=O)(=O)c1ccc(C(=O)Nc2nc3nc(-c4cccs4)cc(C(F)(F)F)c3s2)cc1. The number of anilines is 1. The molecule has 1 amide bonds. The maximum absolute atomic E-state index is 13.7. The number of alkyl halides is 3. The van der Waals surface area contributed by atoms with Gasteiger partial charge in [0, 0.05) is 19.7 Å². The van der Waals surface area contributed by atoms with E-state index in [1.54, 1.807) is 17.5 Å². The summed E-state index contributed by atoms with van der Waals surface area (Å²) in [5.41, 5.74) is -0.742. The minimum absolute atomic E-state index is 0.00385. The van der Waals surface area contributed by atoms with Crippen molar-refractivity contribution in [1.29, 1.82) is 0 Å². The Kier molecular flexibility index (Phi) is 5.99. The van der Waals surface area contributed by atoms with E-state index in [0.29, 0.717) is 16.2 Å². The van der Waals surface area contributed by atoms with Crippen LogP contribution in [0.1, 0.15) is 15.9 Å². The number of pyridine rings is 1. The molecule has 3 heterocycles. The van der Waals surface area contributed by atoms with Crippen molar-refractivity contribution >= 4 is 54.1 Å². The number of amides is 1. The third kappa shape index (κ3) is 4.62. The molecule has 0 radical (unpaired) electrons. The molecule has 7 nitrogen and oxygen atoms in total. The number of benzene rings is 1. The van der Waals surface area contributed by atoms with Gasteiger partial charge in [0.05, 0.1) is 25.7 Å². The molecule has 172 valence electrons. The zero-order chi connectivity index (χ0) is 24.0. The van der Waals surface area contributed by atoms with Gasteiger partial charge in [0.25, 0.3) is 5.91 Å². The van der Waals surface area contributed by atoms with Gasteiger partial charge in [0.1, 0.15) is 0 Å². The van der Waals surface area contributed by atoms with Crippen molar-refractivity contribution in [3.05, 3.63) is 59.0 Å². The molecule has 13 heteroatoms. The molecular formula is C20H15F3N4O3S3. The number of halogens is 3. The van der Waals surface area contributed by atoms with Crippen LogP contribution in [0.2, 0.25) is 0 Å². The lowest BCUT2D eigenvalue weighted by Gasteiger charge is -2.11. The Hall–Kier alpha value is -2.87. The summed E-state index contributed by atoms with van der Waals surface area (Å²) < 4.78 is 66.2. The molecule has 4 rings (SSSR count). The predicted octanol–water partition coefficient (Wildman–Crippen LogP) is 4.94. The van der Waals surface area contributed by atoms with Crippen LogP contribution in [0.3, 0.4) is 0 Å². The zero-order valence-electron chi connectivity index (χ0n) is 17.0. The normalized spacial score (nSPS) is 12.4. The summed E-state index contributed by atoms with van der Waals surface area (Å²) in [4.78, 5) is 21.5. The van der Waals surface area contributed by atoms with Crippen LogP contribution in [0.15, 0.2) is 52.7 Å². The number of hydrogen-bond donors (Lipinski definition) is 1. The quantitative estimate of drug-likeness (QED) is 0.409. The van der Waals surface area contributed by atoms with Crippen molar-refractivity contribution in [2.45, 2.75) is 11.1 Å². The van der Waals surface area contributed by atoms with Crippen LogP contribution in [0, 0.1) is 0 Å². The van der Waals surface area contributed by atoms with Gasteiger partial charge in [0.15, 0.2) is 10.8 Å². The molecule has 0 bridgehead atoms. The first-order chi connectivity index (χ1) is 15.5. The molecule has 0 saturated carbocycles. The van der Waals surface area contributed by atoms with E-state index in [-0.39, 0.29) is 31.6 Å². The Bertz CT molecular complexity index is 1430. The molecule has 0 aliphatic rings. The van der Waals surface area contributed by atoms with Crippen LogP contribution in [0.25, 0.3) is 20.9 Å². The summed E-state index contributed by atoms with van der Waals surface area (Å²) >= 11 is 1.92. The molecule has 0 unspecified atom stereocenters. The van der Waals surface area contributed by atoms with Crippen molar-refractivity contribution in [3.63, 3.8) is 0 Å². The van der Waals surface area contributed by atoms with E-state index in [9.17, 15) is 26.4 Å². The average molecular weight is 513 g/mol. The zero-order valence-corrected chi connectivity index (χ0v) is 19.5. The summed E-state index contributed by atoms with van der Waals surface area (Å²) in [5.74, 6) is -0.644. The van der Waals surface area contributed by atoms with Crippen LogP contribution >= 0.6 is 22.7 Å². The van der Waals surface area contributed by atoms with Gasteiger partial charge in [-0.3, -0.25) is 10.1 Å². The number of thiophene rings is 1. The largest absolute Gasteiger partial charge is 0.417 e. The molecule has 4 aromatic rings. The Morgan fingerprint density at radius 2 is 1.79 bits per heavy atom. The van der Waals surface area contributed by atoms with E-state index in [2.05, 4.69) is 15.3 Å². The first kappa shape index (κ1) is 23.3. The summed E-state index contributed by atoms with van der Waals surface area (Å²) in [7, 11) is -0.890. The van der Waals surface area contributed by atoms with Crippen LogP contribution in [-0.2, 0) is 16.2 Å². The van der Waals surface area contributed by atoms with Crippen LogP contribution in [0.5, 0.6) is 0 Å². The van der Waals surface area contributed by atoms with Crippen molar-refractivity contribution in [2.24, 2.45) is 0 Å². The van der Waals surface area contributed by atoms with E-state index < -0.39 is 27.7 Å². The molecule has 0 aliphatic carbocycles. The maximum Gasteiger partial charge on any atom is 0.417 e. The van der Waals surface area contributed by atoms with Crippen LogP contribution in [-0.4, -0.2) is 42.7 Å². The maximum atomic E-state index is 13.7. The molecule has 3 aromatic heterocycles. The lowest BCUT2D eigenvalue weighted by Crippen LogP contribution is -2.22. The van der Waals surface area contributed by atoms with Gasteiger partial charge < -0.3 is 0 Å². The number of nitrogens with one attached hydrogen (secondary N) is 1. The van der Waals surface area contributed by atoms with Crippen LogP contribution in [0.4, 0.5) is 18.3 Å². The molecular weight excluding hydrogens is 497 g/mol. The Morgan fingerprint density at radius 3 is 2.36 bits per heavy atom. The predicted molar refractivity (Wildman–Crippen MR) is 121 cm³/mol. The van der Waals surface area contributed by atoms with Gasteiger partial charge in [0.2, 0.25) is 10.0 Å². The Balaban J connectivity index is 1.66. The first-order valence-corrected chi connectivity index (χ1v) is 12.4. The van der Waals surface area contributed by atoms with Crippen molar-refractivity contribution in [2.75, 3.05) is 19.4 Å². The standard InChI is InChI=1S/C20H15F3N4O3S3/c1-27(2)33(29,30)12-7-5-11(6-8-12)18(28)26-19-25-17-16(32-19)13(20(21,22)23)10-14(24-17)15-4-3-9-31-15/h3-10H,1-2H3,(H,24,25,26,28). The Morgan fingerprint density at radius 1 is 1.09 bits per heavy atom.